The number of benzene rings is 1. The van der Waals surface area contributed by atoms with Gasteiger partial charge in [-0.2, -0.15) is 0 Å². The molecule has 1 amide bonds. The summed E-state index contributed by atoms with van der Waals surface area (Å²) in [5.74, 6) is 0.0887. The van der Waals surface area contributed by atoms with Gasteiger partial charge in [0, 0.05) is 23.6 Å². The number of nitrogens with one attached hydrogen (secondary N) is 2. The molecule has 2 rings (SSSR count). The first-order chi connectivity index (χ1) is 9.04. The maximum Gasteiger partial charge on any atom is 0.242 e. The molecule has 4 nitrogen and oxygen atoms in total. The zero-order chi connectivity index (χ0) is 14.0. The quantitative estimate of drug-likeness (QED) is 0.894. The number of halogens is 1. The fraction of sp³-hybridized carbons (Fsp3) is 0.500. The summed E-state index contributed by atoms with van der Waals surface area (Å²) >= 11 is 3.63. The van der Waals surface area contributed by atoms with Crippen LogP contribution in [0.25, 0.3) is 0 Å². The minimum atomic E-state index is -0.127. The molecule has 2 unspecified atom stereocenters. The van der Waals surface area contributed by atoms with E-state index in [1.54, 1.807) is 0 Å². The average molecular weight is 326 g/mol. The van der Waals surface area contributed by atoms with Crippen molar-refractivity contribution in [2.24, 2.45) is 0 Å². The Balaban J connectivity index is 2.28. The van der Waals surface area contributed by atoms with Crippen LogP contribution in [0.2, 0.25) is 0 Å². The standard InChI is InChI=1S/C14H20BrN3O/c1-9(16-3)11-4-5-13(12(15)8-11)18-7-6-17-14(19)10(18)2/h4-5,8-10,16H,6-7H2,1-3H3,(H,17,19). The molecule has 0 aliphatic carbocycles. The van der Waals surface area contributed by atoms with Crippen LogP contribution < -0.4 is 15.5 Å². The summed E-state index contributed by atoms with van der Waals surface area (Å²) in [5.41, 5.74) is 2.31. The maximum atomic E-state index is 11.7. The lowest BCUT2D eigenvalue weighted by atomic mass is 10.1. The normalized spacial score (nSPS) is 21.2. The molecule has 1 aromatic carbocycles. The van der Waals surface area contributed by atoms with Gasteiger partial charge < -0.3 is 15.5 Å². The number of amides is 1. The Morgan fingerprint density at radius 3 is 2.89 bits per heavy atom. The summed E-state index contributed by atoms with van der Waals surface area (Å²) in [7, 11) is 1.95. The van der Waals surface area contributed by atoms with Crippen molar-refractivity contribution in [2.75, 3.05) is 25.0 Å². The number of carbonyl (C=O) groups excluding carboxylic acids is 1. The van der Waals surface area contributed by atoms with Gasteiger partial charge in [0.25, 0.3) is 0 Å². The van der Waals surface area contributed by atoms with Gasteiger partial charge in [0.05, 0.1) is 5.69 Å². The van der Waals surface area contributed by atoms with Gasteiger partial charge in [-0.15, -0.1) is 0 Å². The van der Waals surface area contributed by atoms with E-state index >= 15 is 0 Å². The molecule has 1 heterocycles. The van der Waals surface area contributed by atoms with E-state index in [0.29, 0.717) is 12.6 Å². The second-order valence-corrected chi connectivity index (χ2v) is 5.74. The highest BCUT2D eigenvalue weighted by Crippen LogP contribution is 2.31. The SMILES string of the molecule is CNC(C)c1ccc(N2CCNC(=O)C2C)c(Br)c1. The second kappa shape index (κ2) is 5.92. The lowest BCUT2D eigenvalue weighted by Crippen LogP contribution is -2.54. The average Bonchev–Trinajstić information content (AvgIpc) is 2.41. The van der Waals surface area contributed by atoms with Crippen molar-refractivity contribution < 1.29 is 4.79 Å². The topological polar surface area (TPSA) is 44.4 Å². The molecule has 2 N–H and O–H groups in total. The molecule has 0 radical (unpaired) electrons. The van der Waals surface area contributed by atoms with Crippen LogP contribution >= 0.6 is 15.9 Å². The summed E-state index contributed by atoms with van der Waals surface area (Å²) in [6.07, 6.45) is 0. The Kier molecular flexibility index (Phi) is 4.47. The van der Waals surface area contributed by atoms with Crippen molar-refractivity contribution in [3.63, 3.8) is 0 Å². The lowest BCUT2D eigenvalue weighted by molar-refractivity contribution is -0.122. The molecular weight excluding hydrogens is 306 g/mol. The number of piperazine rings is 1. The Morgan fingerprint density at radius 1 is 1.53 bits per heavy atom. The van der Waals surface area contributed by atoms with Crippen molar-refractivity contribution in [2.45, 2.75) is 25.9 Å². The molecule has 104 valence electrons. The molecule has 1 fully saturated rings. The molecule has 2 atom stereocenters. The van der Waals surface area contributed by atoms with Crippen molar-refractivity contribution in [1.29, 1.82) is 0 Å². The molecule has 0 spiro atoms. The fourth-order valence-corrected chi connectivity index (χ4v) is 2.93. The van der Waals surface area contributed by atoms with Gasteiger partial charge in [-0.25, -0.2) is 0 Å². The Labute approximate surface area is 122 Å². The van der Waals surface area contributed by atoms with Gasteiger partial charge in [-0.05, 0) is 54.5 Å². The third-order valence-electron chi connectivity index (χ3n) is 3.71. The van der Waals surface area contributed by atoms with Crippen LogP contribution in [0.1, 0.15) is 25.5 Å². The van der Waals surface area contributed by atoms with E-state index in [2.05, 4.69) is 56.6 Å². The number of carbonyl (C=O) groups is 1. The molecular formula is C14H20BrN3O. The van der Waals surface area contributed by atoms with Crippen LogP contribution in [-0.2, 0) is 4.79 Å². The number of hydrogen-bond donors (Lipinski definition) is 2. The predicted molar refractivity (Wildman–Crippen MR) is 81.4 cm³/mol. The predicted octanol–water partition coefficient (Wildman–Crippen LogP) is 2.05. The second-order valence-electron chi connectivity index (χ2n) is 4.88. The molecule has 1 aromatic rings. The Bertz CT molecular complexity index is 478. The van der Waals surface area contributed by atoms with Gasteiger partial charge in [-0.1, -0.05) is 6.07 Å². The Morgan fingerprint density at radius 2 is 2.26 bits per heavy atom. The van der Waals surface area contributed by atoms with Crippen LogP contribution in [0.5, 0.6) is 0 Å². The summed E-state index contributed by atoms with van der Waals surface area (Å²) in [6.45, 7) is 5.60. The molecule has 5 heteroatoms. The molecule has 0 bridgehead atoms. The zero-order valence-corrected chi connectivity index (χ0v) is 13.1. The van der Waals surface area contributed by atoms with E-state index in [1.807, 2.05) is 14.0 Å². The van der Waals surface area contributed by atoms with Gasteiger partial charge in [-0.3, -0.25) is 4.79 Å². The van der Waals surface area contributed by atoms with E-state index in [0.717, 1.165) is 16.7 Å². The van der Waals surface area contributed by atoms with Crippen LogP contribution in [0.3, 0.4) is 0 Å². The zero-order valence-electron chi connectivity index (χ0n) is 11.5. The van der Waals surface area contributed by atoms with Crippen molar-refractivity contribution in [1.82, 2.24) is 10.6 Å². The monoisotopic (exact) mass is 325 g/mol. The van der Waals surface area contributed by atoms with E-state index in [1.165, 1.54) is 5.56 Å². The molecule has 0 aromatic heterocycles. The third kappa shape index (κ3) is 2.92. The molecule has 1 aliphatic heterocycles. The third-order valence-corrected chi connectivity index (χ3v) is 4.35. The fourth-order valence-electron chi connectivity index (χ4n) is 2.30. The first kappa shape index (κ1) is 14.3. The lowest BCUT2D eigenvalue weighted by Gasteiger charge is -2.35. The smallest absolute Gasteiger partial charge is 0.242 e. The van der Waals surface area contributed by atoms with Gasteiger partial charge in [0.1, 0.15) is 6.04 Å². The maximum absolute atomic E-state index is 11.7. The van der Waals surface area contributed by atoms with E-state index in [9.17, 15) is 4.79 Å². The molecule has 19 heavy (non-hydrogen) atoms. The van der Waals surface area contributed by atoms with Crippen LogP contribution in [0.4, 0.5) is 5.69 Å². The summed E-state index contributed by atoms with van der Waals surface area (Å²) in [4.78, 5) is 13.9. The highest BCUT2D eigenvalue weighted by atomic mass is 79.9. The highest BCUT2D eigenvalue weighted by molar-refractivity contribution is 9.10. The largest absolute Gasteiger partial charge is 0.357 e. The van der Waals surface area contributed by atoms with Gasteiger partial charge in [0.2, 0.25) is 5.91 Å². The number of rotatable bonds is 3. The summed E-state index contributed by atoms with van der Waals surface area (Å²) in [6, 6.07) is 6.50. The first-order valence-corrected chi connectivity index (χ1v) is 7.35. The van der Waals surface area contributed by atoms with Crippen molar-refractivity contribution in [3.05, 3.63) is 28.2 Å². The summed E-state index contributed by atoms with van der Waals surface area (Å²) < 4.78 is 1.04. The highest BCUT2D eigenvalue weighted by Gasteiger charge is 2.26. The van der Waals surface area contributed by atoms with Crippen molar-refractivity contribution in [3.8, 4) is 0 Å². The van der Waals surface area contributed by atoms with E-state index in [4.69, 9.17) is 0 Å². The molecule has 1 aliphatic rings. The van der Waals surface area contributed by atoms with E-state index < -0.39 is 0 Å². The molecule has 0 saturated carbocycles. The van der Waals surface area contributed by atoms with E-state index in [-0.39, 0.29) is 11.9 Å². The number of anilines is 1. The molecule has 1 saturated heterocycles. The van der Waals surface area contributed by atoms with Gasteiger partial charge in [0.15, 0.2) is 0 Å². The van der Waals surface area contributed by atoms with Crippen LogP contribution in [-0.4, -0.2) is 32.1 Å². The van der Waals surface area contributed by atoms with Crippen molar-refractivity contribution >= 4 is 27.5 Å². The Hall–Kier alpha value is -1.07. The van der Waals surface area contributed by atoms with Crippen LogP contribution in [0.15, 0.2) is 22.7 Å². The van der Waals surface area contributed by atoms with Gasteiger partial charge >= 0.3 is 0 Å². The minimum absolute atomic E-state index is 0.0887. The van der Waals surface area contributed by atoms with Crippen LogP contribution in [0, 0.1) is 0 Å². The number of hydrogen-bond acceptors (Lipinski definition) is 3. The number of nitrogens with zero attached hydrogens (tertiary/aromatic N) is 1. The minimum Gasteiger partial charge on any atom is -0.357 e. The summed E-state index contributed by atoms with van der Waals surface area (Å²) in [5, 5.41) is 6.11. The first-order valence-electron chi connectivity index (χ1n) is 6.55.